The van der Waals surface area contributed by atoms with E-state index in [-0.39, 0.29) is 11.4 Å². The van der Waals surface area contributed by atoms with Gasteiger partial charge in [0.1, 0.15) is 0 Å². The number of rotatable bonds is 7. The average molecular weight is 376 g/mol. The highest BCUT2D eigenvalue weighted by atomic mass is 32.2. The molecule has 0 saturated heterocycles. The van der Waals surface area contributed by atoms with Gasteiger partial charge in [0.05, 0.1) is 11.3 Å². The molecule has 24 heavy (non-hydrogen) atoms. The summed E-state index contributed by atoms with van der Waals surface area (Å²) >= 11 is 2.51. The molecule has 130 valence electrons. The van der Waals surface area contributed by atoms with Crippen LogP contribution >= 0.6 is 23.1 Å². The number of amides is 1. The number of carbonyl (C=O) groups is 1. The molecule has 1 amide bonds. The molecule has 0 saturated carbocycles. The fourth-order valence-corrected chi connectivity index (χ4v) is 3.25. The Morgan fingerprint density at radius 2 is 2.12 bits per heavy atom. The zero-order valence-corrected chi connectivity index (χ0v) is 14.3. The molecule has 5 nitrogen and oxygen atoms in total. The fraction of sp³-hybridized carbons (Fsp3) is 0.357. The summed E-state index contributed by atoms with van der Waals surface area (Å²) in [4.78, 5) is 11.9. The maximum Gasteiger partial charge on any atom is 0.416 e. The number of thioether (sulfide) groups is 1. The monoisotopic (exact) mass is 376 g/mol. The van der Waals surface area contributed by atoms with Crippen LogP contribution in [-0.2, 0) is 11.0 Å². The van der Waals surface area contributed by atoms with E-state index in [0.29, 0.717) is 9.47 Å². The summed E-state index contributed by atoms with van der Waals surface area (Å²) in [6.07, 6.45) is -3.48. The van der Waals surface area contributed by atoms with Gasteiger partial charge >= 0.3 is 6.18 Å². The molecule has 2 aromatic rings. The SMILES string of the molecule is CCCNc1nnc(SCC(=O)Nc2cccc(C(F)(F)F)c2)s1. The number of hydrogen-bond donors (Lipinski definition) is 2. The molecular formula is C14H15F3N4OS2. The van der Waals surface area contributed by atoms with Gasteiger partial charge in [-0.25, -0.2) is 0 Å². The highest BCUT2D eigenvalue weighted by Crippen LogP contribution is 2.31. The third-order valence-electron chi connectivity index (χ3n) is 2.73. The van der Waals surface area contributed by atoms with Gasteiger partial charge in [-0.1, -0.05) is 36.1 Å². The predicted molar refractivity (Wildman–Crippen MR) is 89.5 cm³/mol. The Morgan fingerprint density at radius 1 is 1.33 bits per heavy atom. The first-order valence-corrected chi connectivity index (χ1v) is 8.86. The summed E-state index contributed by atoms with van der Waals surface area (Å²) in [6.45, 7) is 2.82. The quantitative estimate of drug-likeness (QED) is 0.712. The normalized spacial score (nSPS) is 11.3. The van der Waals surface area contributed by atoms with Crippen molar-refractivity contribution in [2.75, 3.05) is 22.9 Å². The minimum absolute atomic E-state index is 0.0403. The van der Waals surface area contributed by atoms with Gasteiger partial charge in [-0.2, -0.15) is 13.2 Å². The van der Waals surface area contributed by atoms with Crippen LogP contribution in [0.1, 0.15) is 18.9 Å². The van der Waals surface area contributed by atoms with E-state index in [1.165, 1.54) is 35.2 Å². The van der Waals surface area contributed by atoms with Crippen molar-refractivity contribution in [3.63, 3.8) is 0 Å². The molecule has 0 atom stereocenters. The maximum atomic E-state index is 12.6. The lowest BCUT2D eigenvalue weighted by atomic mass is 10.2. The first kappa shape index (κ1) is 18.5. The second-order valence-corrected chi connectivity index (χ2v) is 6.92. The molecule has 1 heterocycles. The van der Waals surface area contributed by atoms with E-state index in [0.717, 1.165) is 25.1 Å². The highest BCUT2D eigenvalue weighted by Gasteiger charge is 2.30. The third-order valence-corrected chi connectivity index (χ3v) is 4.75. The predicted octanol–water partition coefficient (Wildman–Crippen LogP) is 4.11. The van der Waals surface area contributed by atoms with Crippen LogP contribution in [0.2, 0.25) is 0 Å². The molecule has 1 aromatic heterocycles. The van der Waals surface area contributed by atoms with Crippen LogP contribution in [0.4, 0.5) is 24.0 Å². The Bertz CT molecular complexity index is 691. The van der Waals surface area contributed by atoms with Gasteiger partial charge in [0.15, 0.2) is 4.34 Å². The average Bonchev–Trinajstić information content (AvgIpc) is 2.98. The zero-order valence-electron chi connectivity index (χ0n) is 12.7. The van der Waals surface area contributed by atoms with E-state index in [1.807, 2.05) is 6.92 Å². The number of nitrogens with one attached hydrogen (secondary N) is 2. The van der Waals surface area contributed by atoms with Crippen LogP contribution in [0.25, 0.3) is 0 Å². The maximum absolute atomic E-state index is 12.6. The molecule has 0 bridgehead atoms. The van der Waals surface area contributed by atoms with Gasteiger partial charge in [-0.3, -0.25) is 4.79 Å². The lowest BCUT2D eigenvalue weighted by Crippen LogP contribution is -2.15. The Hall–Kier alpha value is -1.81. The summed E-state index contributed by atoms with van der Waals surface area (Å²) in [5, 5.41) is 14.1. The van der Waals surface area contributed by atoms with Crippen LogP contribution in [0, 0.1) is 0 Å². The molecule has 10 heteroatoms. The number of aromatic nitrogens is 2. The molecule has 0 spiro atoms. The van der Waals surface area contributed by atoms with Crippen molar-refractivity contribution in [1.29, 1.82) is 0 Å². The van der Waals surface area contributed by atoms with Crippen molar-refractivity contribution in [2.45, 2.75) is 23.9 Å². The molecule has 0 aliphatic carbocycles. The van der Waals surface area contributed by atoms with Crippen LogP contribution in [0.15, 0.2) is 28.6 Å². The largest absolute Gasteiger partial charge is 0.416 e. The van der Waals surface area contributed by atoms with Crippen molar-refractivity contribution in [2.24, 2.45) is 0 Å². The standard InChI is InChI=1S/C14H15F3N4OS2/c1-2-6-18-12-20-21-13(24-12)23-8-11(22)19-10-5-3-4-9(7-10)14(15,16)17/h3-5,7H,2,6,8H2,1H3,(H,18,20)(H,19,22). The van der Waals surface area contributed by atoms with Crippen molar-refractivity contribution in [3.8, 4) is 0 Å². The van der Waals surface area contributed by atoms with Crippen molar-refractivity contribution in [3.05, 3.63) is 29.8 Å². The number of halogens is 3. The van der Waals surface area contributed by atoms with Crippen LogP contribution < -0.4 is 10.6 Å². The summed E-state index contributed by atoms with van der Waals surface area (Å²) in [5.74, 6) is -0.365. The molecule has 0 unspecified atom stereocenters. The number of benzene rings is 1. The fourth-order valence-electron chi connectivity index (χ4n) is 1.67. The minimum Gasteiger partial charge on any atom is -0.360 e. The molecule has 0 aliphatic rings. The zero-order chi connectivity index (χ0) is 17.6. The third kappa shape index (κ3) is 5.68. The lowest BCUT2D eigenvalue weighted by molar-refractivity contribution is -0.137. The van der Waals surface area contributed by atoms with Gasteiger partial charge in [-0.15, -0.1) is 10.2 Å². The summed E-state index contributed by atoms with van der Waals surface area (Å²) < 4.78 is 38.5. The van der Waals surface area contributed by atoms with E-state index in [9.17, 15) is 18.0 Å². The smallest absolute Gasteiger partial charge is 0.360 e. The van der Waals surface area contributed by atoms with Gasteiger partial charge in [0.25, 0.3) is 0 Å². The Labute approximate surface area is 145 Å². The lowest BCUT2D eigenvalue weighted by Gasteiger charge is -2.09. The highest BCUT2D eigenvalue weighted by molar-refractivity contribution is 8.01. The van der Waals surface area contributed by atoms with Crippen LogP contribution in [0.5, 0.6) is 0 Å². The number of alkyl halides is 3. The van der Waals surface area contributed by atoms with E-state index in [1.54, 1.807) is 0 Å². The van der Waals surface area contributed by atoms with Gasteiger partial charge < -0.3 is 10.6 Å². The second kappa shape index (κ2) is 8.34. The summed E-state index contributed by atoms with van der Waals surface area (Å²) in [5.41, 5.74) is -0.693. The molecule has 0 aliphatic heterocycles. The molecule has 2 N–H and O–H groups in total. The first-order valence-electron chi connectivity index (χ1n) is 7.05. The molecule has 2 rings (SSSR count). The van der Waals surface area contributed by atoms with Gasteiger partial charge in [-0.05, 0) is 24.6 Å². The van der Waals surface area contributed by atoms with Crippen LogP contribution in [-0.4, -0.2) is 28.4 Å². The minimum atomic E-state index is -4.44. The first-order chi connectivity index (χ1) is 11.4. The van der Waals surface area contributed by atoms with Crippen molar-refractivity contribution in [1.82, 2.24) is 10.2 Å². The summed E-state index contributed by atoms with van der Waals surface area (Å²) in [6, 6.07) is 4.52. The molecule has 0 radical (unpaired) electrons. The number of nitrogens with zero attached hydrogens (tertiary/aromatic N) is 2. The van der Waals surface area contributed by atoms with Crippen LogP contribution in [0.3, 0.4) is 0 Å². The van der Waals surface area contributed by atoms with Gasteiger partial charge in [0.2, 0.25) is 11.0 Å². The van der Waals surface area contributed by atoms with Crippen molar-refractivity contribution < 1.29 is 18.0 Å². The number of carbonyl (C=O) groups excluding carboxylic acids is 1. The number of anilines is 2. The number of hydrogen-bond acceptors (Lipinski definition) is 6. The topological polar surface area (TPSA) is 66.9 Å². The van der Waals surface area contributed by atoms with E-state index < -0.39 is 17.6 Å². The Kier molecular flexibility index (Phi) is 6.44. The molecule has 0 fully saturated rings. The van der Waals surface area contributed by atoms with E-state index in [2.05, 4.69) is 20.8 Å². The van der Waals surface area contributed by atoms with E-state index in [4.69, 9.17) is 0 Å². The van der Waals surface area contributed by atoms with Gasteiger partial charge in [0, 0.05) is 12.2 Å². The Balaban J connectivity index is 1.86. The molecular weight excluding hydrogens is 361 g/mol. The molecule has 1 aromatic carbocycles. The van der Waals surface area contributed by atoms with E-state index >= 15 is 0 Å². The Morgan fingerprint density at radius 3 is 2.83 bits per heavy atom. The summed E-state index contributed by atoms with van der Waals surface area (Å²) in [7, 11) is 0. The second-order valence-electron chi connectivity index (χ2n) is 4.72. The van der Waals surface area contributed by atoms with Crippen molar-refractivity contribution >= 4 is 39.8 Å².